The van der Waals surface area contributed by atoms with Crippen molar-refractivity contribution < 1.29 is 23.9 Å². The van der Waals surface area contributed by atoms with Crippen molar-refractivity contribution in [3.8, 4) is 11.5 Å². The lowest BCUT2D eigenvalue weighted by Crippen LogP contribution is -2.53. The minimum atomic E-state index is -1.44. The first kappa shape index (κ1) is 22.6. The standard InChI is InChI=1S/C29H21ClN4O5/c30-18-6-3-5-17-25(18)32-28(37)29(17)24-23(20(33-29)10-14-12-31-19-7-2-1-4-16(14)19)26(35)34(27(24)36)15-8-9-21-22(11-15)39-13-38-21/h1-9,11-12,20,23-24,31,33H,10,13H2,(H,32,37)/t20-,23+,24-,29-/m0/s1. The Kier molecular flexibility index (Phi) is 4.55. The zero-order valence-corrected chi connectivity index (χ0v) is 21.1. The number of carbonyl (C=O) groups is 3. The van der Waals surface area contributed by atoms with E-state index >= 15 is 0 Å². The summed E-state index contributed by atoms with van der Waals surface area (Å²) in [5.74, 6) is -1.94. The minimum Gasteiger partial charge on any atom is -0.454 e. The van der Waals surface area contributed by atoms with E-state index in [2.05, 4.69) is 15.6 Å². The third kappa shape index (κ3) is 2.91. The van der Waals surface area contributed by atoms with Crippen LogP contribution in [0.15, 0.2) is 66.9 Å². The maximum Gasteiger partial charge on any atom is 0.250 e. The lowest BCUT2D eigenvalue weighted by molar-refractivity contribution is -0.130. The van der Waals surface area contributed by atoms with Crippen molar-refractivity contribution in [3.63, 3.8) is 0 Å². The van der Waals surface area contributed by atoms with Gasteiger partial charge in [-0.05, 0) is 36.2 Å². The molecular weight excluding hydrogens is 520 g/mol. The second-order valence-electron chi connectivity index (χ2n) is 10.3. The number of anilines is 2. The number of para-hydroxylation sites is 2. The molecule has 4 aliphatic rings. The number of H-pyrrole nitrogens is 1. The highest BCUT2D eigenvalue weighted by Gasteiger charge is 2.70. The van der Waals surface area contributed by atoms with E-state index < -0.39 is 35.2 Å². The van der Waals surface area contributed by atoms with Gasteiger partial charge in [-0.15, -0.1) is 0 Å². The van der Waals surface area contributed by atoms with Gasteiger partial charge in [0.2, 0.25) is 24.5 Å². The van der Waals surface area contributed by atoms with Gasteiger partial charge in [0.15, 0.2) is 11.5 Å². The van der Waals surface area contributed by atoms with Crippen molar-refractivity contribution in [1.82, 2.24) is 10.3 Å². The Labute approximate surface area is 227 Å². The molecule has 3 amide bonds. The number of hydrogen-bond donors (Lipinski definition) is 3. The smallest absolute Gasteiger partial charge is 0.250 e. The number of nitrogens with zero attached hydrogens (tertiary/aromatic N) is 1. The van der Waals surface area contributed by atoms with Gasteiger partial charge in [-0.3, -0.25) is 19.7 Å². The zero-order chi connectivity index (χ0) is 26.5. The van der Waals surface area contributed by atoms with Crippen LogP contribution in [0.4, 0.5) is 11.4 Å². The predicted molar refractivity (Wildman–Crippen MR) is 143 cm³/mol. The van der Waals surface area contributed by atoms with Crippen LogP contribution in [0.5, 0.6) is 11.5 Å². The number of nitrogens with one attached hydrogen (secondary N) is 3. The second kappa shape index (κ2) is 7.84. The molecule has 4 atom stereocenters. The molecule has 0 radical (unpaired) electrons. The van der Waals surface area contributed by atoms with Gasteiger partial charge in [0.05, 0.1) is 28.2 Å². The van der Waals surface area contributed by atoms with Crippen LogP contribution in [0, 0.1) is 11.8 Å². The number of ether oxygens (including phenoxy) is 2. The highest BCUT2D eigenvalue weighted by Crippen LogP contribution is 2.55. The van der Waals surface area contributed by atoms with Crippen LogP contribution >= 0.6 is 11.6 Å². The number of aromatic nitrogens is 1. The number of benzene rings is 3. The number of amides is 3. The lowest BCUT2D eigenvalue weighted by Gasteiger charge is -2.29. The third-order valence-electron chi connectivity index (χ3n) is 8.43. The molecule has 0 bridgehead atoms. The molecule has 3 aromatic carbocycles. The Morgan fingerprint density at radius 3 is 2.72 bits per heavy atom. The number of aromatic amines is 1. The molecule has 8 rings (SSSR count). The lowest BCUT2D eigenvalue weighted by atomic mass is 9.76. The summed E-state index contributed by atoms with van der Waals surface area (Å²) < 4.78 is 10.9. The van der Waals surface area contributed by atoms with E-state index in [0.29, 0.717) is 39.9 Å². The Balaban J connectivity index is 1.28. The molecule has 0 saturated carbocycles. The Hall–Kier alpha value is -4.34. The van der Waals surface area contributed by atoms with Gasteiger partial charge >= 0.3 is 0 Å². The Bertz CT molecular complexity index is 1750. The highest BCUT2D eigenvalue weighted by molar-refractivity contribution is 6.35. The van der Waals surface area contributed by atoms with Crippen molar-refractivity contribution in [2.45, 2.75) is 18.0 Å². The number of carbonyl (C=O) groups excluding carboxylic acids is 3. The summed E-state index contributed by atoms with van der Waals surface area (Å²) >= 11 is 6.47. The van der Waals surface area contributed by atoms with Gasteiger partial charge in [0.1, 0.15) is 5.54 Å². The predicted octanol–water partition coefficient (Wildman–Crippen LogP) is 3.72. The van der Waals surface area contributed by atoms with Crippen molar-refractivity contribution in [2.24, 2.45) is 11.8 Å². The maximum atomic E-state index is 14.2. The van der Waals surface area contributed by atoms with Gasteiger partial charge in [-0.2, -0.15) is 0 Å². The first-order chi connectivity index (χ1) is 19.0. The van der Waals surface area contributed by atoms with Gasteiger partial charge < -0.3 is 19.8 Å². The zero-order valence-electron chi connectivity index (χ0n) is 20.4. The van der Waals surface area contributed by atoms with Crippen LogP contribution in [0.2, 0.25) is 5.02 Å². The Morgan fingerprint density at radius 2 is 1.82 bits per heavy atom. The first-order valence-corrected chi connectivity index (χ1v) is 13.1. The molecule has 4 aliphatic heterocycles. The van der Waals surface area contributed by atoms with E-state index in [1.54, 1.807) is 36.4 Å². The van der Waals surface area contributed by atoms with E-state index in [4.69, 9.17) is 21.1 Å². The number of hydrogen-bond acceptors (Lipinski definition) is 6. The van der Waals surface area contributed by atoms with Crippen LogP contribution in [-0.2, 0) is 26.3 Å². The van der Waals surface area contributed by atoms with E-state index in [9.17, 15) is 14.4 Å². The molecule has 0 aliphatic carbocycles. The first-order valence-electron chi connectivity index (χ1n) is 12.7. The fraction of sp³-hybridized carbons (Fsp3) is 0.207. The average Bonchev–Trinajstić information content (AvgIpc) is 3.73. The number of halogens is 1. The summed E-state index contributed by atoms with van der Waals surface area (Å²) in [5.41, 5.74) is 1.94. The fourth-order valence-electron chi connectivity index (χ4n) is 6.78. The average molecular weight is 541 g/mol. The van der Waals surface area contributed by atoms with Crippen molar-refractivity contribution >= 4 is 51.6 Å². The topological polar surface area (TPSA) is 113 Å². The summed E-state index contributed by atoms with van der Waals surface area (Å²) in [6.45, 7) is 0.0728. The normalized spacial score (nSPS) is 26.5. The molecule has 39 heavy (non-hydrogen) atoms. The van der Waals surface area contributed by atoms with Gasteiger partial charge in [0, 0.05) is 34.8 Å². The Morgan fingerprint density at radius 1 is 0.974 bits per heavy atom. The molecule has 0 unspecified atom stereocenters. The number of fused-ring (bicyclic) bond motifs is 6. The fourth-order valence-corrected chi connectivity index (χ4v) is 7.01. The molecule has 9 nitrogen and oxygen atoms in total. The van der Waals surface area contributed by atoms with Crippen LogP contribution in [-0.4, -0.2) is 35.5 Å². The van der Waals surface area contributed by atoms with Gasteiger partial charge in [0.25, 0.3) is 0 Å². The van der Waals surface area contributed by atoms with Crippen LogP contribution in [0.25, 0.3) is 10.9 Å². The summed E-state index contributed by atoms with van der Waals surface area (Å²) in [4.78, 5) is 46.7. The van der Waals surface area contributed by atoms with E-state index in [0.717, 1.165) is 16.5 Å². The van der Waals surface area contributed by atoms with Crippen molar-refractivity contribution in [1.29, 1.82) is 0 Å². The van der Waals surface area contributed by atoms with Crippen LogP contribution in [0.1, 0.15) is 11.1 Å². The number of rotatable bonds is 3. The number of imide groups is 1. The third-order valence-corrected chi connectivity index (χ3v) is 8.74. The van der Waals surface area contributed by atoms with Crippen LogP contribution in [0.3, 0.4) is 0 Å². The maximum absolute atomic E-state index is 14.2. The highest BCUT2D eigenvalue weighted by atomic mass is 35.5. The second-order valence-corrected chi connectivity index (χ2v) is 10.7. The molecular formula is C29H21ClN4O5. The molecule has 194 valence electrons. The largest absolute Gasteiger partial charge is 0.454 e. The summed E-state index contributed by atoms with van der Waals surface area (Å²) in [7, 11) is 0. The molecule has 2 fully saturated rings. The molecule has 1 spiro atoms. The summed E-state index contributed by atoms with van der Waals surface area (Å²) in [6.07, 6.45) is 2.35. The van der Waals surface area contributed by atoms with Gasteiger partial charge in [-0.1, -0.05) is 41.9 Å². The molecule has 1 aromatic heterocycles. The molecule has 4 aromatic rings. The van der Waals surface area contributed by atoms with E-state index in [-0.39, 0.29) is 12.7 Å². The quantitative estimate of drug-likeness (QED) is 0.341. The molecule has 10 heteroatoms. The van der Waals surface area contributed by atoms with E-state index in [1.165, 1.54) is 4.90 Å². The monoisotopic (exact) mass is 540 g/mol. The molecule has 2 saturated heterocycles. The van der Waals surface area contributed by atoms with Gasteiger partial charge in [-0.25, -0.2) is 4.90 Å². The van der Waals surface area contributed by atoms with E-state index in [1.807, 2.05) is 30.5 Å². The SMILES string of the molecule is O=C1[C@@H]2[C@H](Cc3c[nH]c4ccccc34)N[C@]3(C(=O)Nc4c(Cl)cccc43)[C@@H]2C(=O)N1c1ccc2c(c1)OCO2. The van der Waals surface area contributed by atoms with Crippen molar-refractivity contribution in [3.05, 3.63) is 83.0 Å². The van der Waals surface area contributed by atoms with Crippen molar-refractivity contribution in [2.75, 3.05) is 17.0 Å². The minimum absolute atomic E-state index is 0.0728. The molecule has 5 heterocycles. The summed E-state index contributed by atoms with van der Waals surface area (Å²) in [5, 5.41) is 7.77. The molecule has 3 N–H and O–H groups in total. The summed E-state index contributed by atoms with van der Waals surface area (Å²) in [6, 6.07) is 17.6. The van der Waals surface area contributed by atoms with Crippen LogP contribution < -0.4 is 25.0 Å².